The van der Waals surface area contributed by atoms with Gasteiger partial charge in [-0.3, -0.25) is 4.79 Å². The molecule has 0 atom stereocenters. The molecule has 1 aromatic heterocycles. The molecule has 0 saturated heterocycles. The highest BCUT2D eigenvalue weighted by Crippen LogP contribution is 2.20. The second-order valence-corrected chi connectivity index (χ2v) is 6.22. The molecule has 3 rings (SSSR count). The molecule has 0 saturated carbocycles. The number of hydrogen-bond acceptors (Lipinski definition) is 6. The summed E-state index contributed by atoms with van der Waals surface area (Å²) in [5.74, 6) is 0.745. The van der Waals surface area contributed by atoms with Crippen molar-refractivity contribution in [3.63, 3.8) is 0 Å². The van der Waals surface area contributed by atoms with Crippen LogP contribution in [0.3, 0.4) is 0 Å². The number of ether oxygens (including phenoxy) is 1. The summed E-state index contributed by atoms with van der Waals surface area (Å²) in [6.07, 6.45) is 0. The first kappa shape index (κ1) is 17.0. The normalized spacial score (nSPS) is 10.5. The van der Waals surface area contributed by atoms with Crippen LogP contribution in [0.25, 0.3) is 5.69 Å². The van der Waals surface area contributed by atoms with Crippen molar-refractivity contribution in [2.24, 2.45) is 0 Å². The predicted octanol–water partition coefficient (Wildman–Crippen LogP) is 2.71. The number of aromatic nitrogens is 4. The van der Waals surface area contributed by atoms with Gasteiger partial charge in [-0.15, -0.1) is 5.10 Å². The van der Waals surface area contributed by atoms with Crippen LogP contribution in [0.1, 0.15) is 5.56 Å². The minimum Gasteiger partial charge on any atom is -0.497 e. The molecule has 0 aliphatic heterocycles. The zero-order valence-electron chi connectivity index (χ0n) is 13.8. The molecule has 0 aliphatic rings. The summed E-state index contributed by atoms with van der Waals surface area (Å²) in [5.41, 5.74) is 2.66. The van der Waals surface area contributed by atoms with Gasteiger partial charge in [0.25, 0.3) is 0 Å². The second-order valence-electron chi connectivity index (χ2n) is 5.28. The SMILES string of the molecule is COc1cccc(NC(=O)CSc2nnnn2-c2cccc(C)c2)c1. The van der Waals surface area contributed by atoms with Gasteiger partial charge in [0.05, 0.1) is 18.6 Å². The molecule has 25 heavy (non-hydrogen) atoms. The van der Waals surface area contributed by atoms with Crippen molar-refractivity contribution < 1.29 is 9.53 Å². The summed E-state index contributed by atoms with van der Waals surface area (Å²) in [7, 11) is 1.59. The predicted molar refractivity (Wildman–Crippen MR) is 96.2 cm³/mol. The second kappa shape index (κ2) is 7.80. The molecule has 8 heteroatoms. The summed E-state index contributed by atoms with van der Waals surface area (Å²) in [6, 6.07) is 15.1. The maximum atomic E-state index is 12.2. The van der Waals surface area contributed by atoms with Crippen LogP contribution in [0, 0.1) is 6.92 Å². The van der Waals surface area contributed by atoms with E-state index in [1.54, 1.807) is 17.9 Å². The minimum atomic E-state index is -0.142. The number of thioether (sulfide) groups is 1. The highest BCUT2D eigenvalue weighted by atomic mass is 32.2. The molecule has 1 heterocycles. The van der Waals surface area contributed by atoms with Crippen LogP contribution in [0.2, 0.25) is 0 Å². The van der Waals surface area contributed by atoms with Gasteiger partial charge in [0.15, 0.2) is 0 Å². The summed E-state index contributed by atoms with van der Waals surface area (Å²) in [6.45, 7) is 2.00. The molecule has 1 N–H and O–H groups in total. The van der Waals surface area contributed by atoms with Gasteiger partial charge in [-0.05, 0) is 47.2 Å². The average Bonchev–Trinajstić information content (AvgIpc) is 3.09. The number of rotatable bonds is 6. The molecule has 0 bridgehead atoms. The van der Waals surface area contributed by atoms with Crippen LogP contribution in [-0.4, -0.2) is 39.0 Å². The molecule has 3 aromatic rings. The topological polar surface area (TPSA) is 81.9 Å². The van der Waals surface area contributed by atoms with Crippen LogP contribution in [0.4, 0.5) is 5.69 Å². The molecule has 0 spiro atoms. The Morgan fingerprint density at radius 2 is 2.08 bits per heavy atom. The number of anilines is 1. The lowest BCUT2D eigenvalue weighted by Gasteiger charge is -2.07. The van der Waals surface area contributed by atoms with E-state index < -0.39 is 0 Å². The monoisotopic (exact) mass is 355 g/mol. The van der Waals surface area contributed by atoms with Crippen molar-refractivity contribution in [2.75, 3.05) is 18.2 Å². The number of amides is 1. The summed E-state index contributed by atoms with van der Waals surface area (Å²) >= 11 is 1.28. The minimum absolute atomic E-state index is 0.142. The Bertz CT molecular complexity index is 881. The lowest BCUT2D eigenvalue weighted by molar-refractivity contribution is -0.113. The number of carbonyl (C=O) groups is 1. The van der Waals surface area contributed by atoms with Crippen LogP contribution in [0.5, 0.6) is 5.75 Å². The molecule has 0 fully saturated rings. The molecule has 128 valence electrons. The fraction of sp³-hybridized carbons (Fsp3) is 0.176. The van der Waals surface area contributed by atoms with Crippen molar-refractivity contribution in [3.05, 3.63) is 54.1 Å². The summed E-state index contributed by atoms with van der Waals surface area (Å²) in [4.78, 5) is 12.2. The van der Waals surface area contributed by atoms with Crippen molar-refractivity contribution in [3.8, 4) is 11.4 Å². The van der Waals surface area contributed by atoms with Gasteiger partial charge in [-0.25, -0.2) is 0 Å². The largest absolute Gasteiger partial charge is 0.497 e. The van der Waals surface area contributed by atoms with E-state index in [9.17, 15) is 4.79 Å². The molecular formula is C17H17N5O2S. The number of methoxy groups -OCH3 is 1. The lowest BCUT2D eigenvalue weighted by Crippen LogP contribution is -2.14. The van der Waals surface area contributed by atoms with E-state index in [0.717, 1.165) is 11.3 Å². The first-order valence-corrected chi connectivity index (χ1v) is 8.56. The van der Waals surface area contributed by atoms with Crippen molar-refractivity contribution in [1.29, 1.82) is 0 Å². The van der Waals surface area contributed by atoms with Gasteiger partial charge in [-0.1, -0.05) is 30.0 Å². The number of tetrazole rings is 1. The fourth-order valence-corrected chi connectivity index (χ4v) is 2.91. The van der Waals surface area contributed by atoms with Gasteiger partial charge in [0, 0.05) is 11.8 Å². The van der Waals surface area contributed by atoms with E-state index in [-0.39, 0.29) is 11.7 Å². The molecule has 1 amide bonds. The number of nitrogens with zero attached hydrogens (tertiary/aromatic N) is 4. The van der Waals surface area contributed by atoms with Crippen molar-refractivity contribution in [1.82, 2.24) is 20.2 Å². The average molecular weight is 355 g/mol. The van der Waals surface area contributed by atoms with Gasteiger partial charge in [0.2, 0.25) is 11.1 Å². The number of benzene rings is 2. The maximum Gasteiger partial charge on any atom is 0.234 e. The molecule has 0 aliphatic carbocycles. The number of hydrogen-bond donors (Lipinski definition) is 1. The van der Waals surface area contributed by atoms with E-state index in [4.69, 9.17) is 4.74 Å². The Hall–Kier alpha value is -2.87. The highest BCUT2D eigenvalue weighted by molar-refractivity contribution is 7.99. The fourth-order valence-electron chi connectivity index (χ4n) is 2.22. The van der Waals surface area contributed by atoms with E-state index in [1.807, 2.05) is 49.4 Å². The van der Waals surface area contributed by atoms with Gasteiger partial charge >= 0.3 is 0 Å². The molecule has 7 nitrogen and oxygen atoms in total. The molecule has 0 radical (unpaired) electrons. The first-order chi connectivity index (χ1) is 12.2. The third-order valence-corrected chi connectivity index (χ3v) is 4.29. The molecule has 0 unspecified atom stereocenters. The Balaban J connectivity index is 1.64. The molecule has 2 aromatic carbocycles. The summed E-state index contributed by atoms with van der Waals surface area (Å²) in [5, 5.41) is 15.1. The van der Waals surface area contributed by atoms with Crippen LogP contribution in [0.15, 0.2) is 53.7 Å². The Morgan fingerprint density at radius 1 is 1.24 bits per heavy atom. The maximum absolute atomic E-state index is 12.2. The highest BCUT2D eigenvalue weighted by Gasteiger charge is 2.12. The summed E-state index contributed by atoms with van der Waals surface area (Å²) < 4.78 is 6.76. The smallest absolute Gasteiger partial charge is 0.234 e. The van der Waals surface area contributed by atoms with Gasteiger partial charge < -0.3 is 10.1 Å². The van der Waals surface area contributed by atoms with Crippen LogP contribution < -0.4 is 10.1 Å². The van der Waals surface area contributed by atoms with E-state index in [0.29, 0.717) is 16.6 Å². The lowest BCUT2D eigenvalue weighted by atomic mass is 10.2. The third-order valence-electron chi connectivity index (χ3n) is 3.37. The van der Waals surface area contributed by atoms with E-state index in [2.05, 4.69) is 20.8 Å². The zero-order valence-corrected chi connectivity index (χ0v) is 14.7. The molecular weight excluding hydrogens is 338 g/mol. The number of nitrogens with one attached hydrogen (secondary N) is 1. The number of carbonyl (C=O) groups excluding carboxylic acids is 1. The van der Waals surface area contributed by atoms with Gasteiger partial charge in [-0.2, -0.15) is 4.68 Å². The first-order valence-electron chi connectivity index (χ1n) is 7.58. The van der Waals surface area contributed by atoms with Crippen molar-refractivity contribution in [2.45, 2.75) is 12.1 Å². The van der Waals surface area contributed by atoms with E-state index in [1.165, 1.54) is 11.8 Å². The Labute approximate surface area is 149 Å². The Kier molecular flexibility index (Phi) is 5.30. The number of aryl methyl sites for hydroxylation is 1. The third kappa shape index (κ3) is 4.36. The van der Waals surface area contributed by atoms with Crippen molar-refractivity contribution >= 4 is 23.4 Å². The van der Waals surface area contributed by atoms with Crippen LogP contribution in [-0.2, 0) is 4.79 Å². The Morgan fingerprint density at radius 3 is 2.88 bits per heavy atom. The quantitative estimate of drug-likeness (QED) is 0.685. The van der Waals surface area contributed by atoms with Crippen LogP contribution >= 0.6 is 11.8 Å². The van der Waals surface area contributed by atoms with E-state index >= 15 is 0 Å². The van der Waals surface area contributed by atoms with Gasteiger partial charge in [0.1, 0.15) is 5.75 Å². The zero-order chi connectivity index (χ0) is 17.6. The standard InChI is InChI=1S/C17H17N5O2S/c1-12-5-3-7-14(9-12)22-17(19-20-21-22)25-11-16(23)18-13-6-4-8-15(10-13)24-2/h3-10H,11H2,1-2H3,(H,18,23).